The number of hydrogen-bond acceptors (Lipinski definition) is 5. The number of amides is 1. The maximum atomic E-state index is 13.2. The van der Waals surface area contributed by atoms with Crippen molar-refractivity contribution in [2.24, 2.45) is 5.73 Å². The van der Waals surface area contributed by atoms with E-state index in [4.69, 9.17) is 5.73 Å². The van der Waals surface area contributed by atoms with Crippen molar-refractivity contribution in [2.75, 3.05) is 18.0 Å². The molecule has 6 nitrogen and oxygen atoms in total. The van der Waals surface area contributed by atoms with Gasteiger partial charge in [-0.15, -0.1) is 0 Å². The van der Waals surface area contributed by atoms with Crippen molar-refractivity contribution in [1.82, 2.24) is 10.3 Å². The average Bonchev–Trinajstić information content (AvgIpc) is 3.20. The minimum atomic E-state index is -0.0711. The third-order valence-electron chi connectivity index (χ3n) is 5.95. The number of aromatic nitrogens is 1. The molecule has 0 bridgehead atoms. The highest BCUT2D eigenvalue weighted by atomic mass is 16.1. The predicted molar refractivity (Wildman–Crippen MR) is 114 cm³/mol. The van der Waals surface area contributed by atoms with Crippen molar-refractivity contribution in [3.05, 3.63) is 47.8 Å². The molecule has 1 amide bonds. The van der Waals surface area contributed by atoms with Gasteiger partial charge in [-0.3, -0.25) is 9.78 Å². The second-order valence-corrected chi connectivity index (χ2v) is 8.08. The molecule has 6 heteroatoms. The number of carbonyl (C=O) groups excluding carboxylic acids is 1. The molecule has 2 aliphatic rings. The molecule has 1 aliphatic carbocycles. The van der Waals surface area contributed by atoms with E-state index in [0.29, 0.717) is 17.7 Å². The van der Waals surface area contributed by atoms with Gasteiger partial charge in [0.05, 0.1) is 22.9 Å². The first-order valence-corrected chi connectivity index (χ1v) is 10.5. The van der Waals surface area contributed by atoms with Crippen LogP contribution in [0.15, 0.2) is 36.7 Å². The van der Waals surface area contributed by atoms with Crippen LogP contribution in [0, 0.1) is 11.3 Å². The van der Waals surface area contributed by atoms with Gasteiger partial charge in [-0.05, 0) is 37.0 Å². The Bertz CT molecular complexity index is 929. The number of carbonyl (C=O) groups is 1. The number of nitriles is 1. The molecule has 1 aromatic heterocycles. The minimum Gasteiger partial charge on any atom is -0.369 e. The third-order valence-corrected chi connectivity index (χ3v) is 5.95. The molecule has 1 saturated heterocycles. The van der Waals surface area contributed by atoms with Crippen LogP contribution in [0.5, 0.6) is 0 Å². The number of benzene rings is 1. The van der Waals surface area contributed by atoms with Gasteiger partial charge in [-0.2, -0.15) is 5.26 Å². The molecule has 1 saturated carbocycles. The largest absolute Gasteiger partial charge is 0.369 e. The summed E-state index contributed by atoms with van der Waals surface area (Å²) in [5.74, 6) is -0.0711. The molecule has 29 heavy (non-hydrogen) atoms. The maximum absolute atomic E-state index is 13.2. The van der Waals surface area contributed by atoms with Crippen LogP contribution in [0.25, 0.3) is 11.1 Å². The summed E-state index contributed by atoms with van der Waals surface area (Å²) in [5, 5.41) is 12.5. The zero-order valence-corrected chi connectivity index (χ0v) is 16.6. The summed E-state index contributed by atoms with van der Waals surface area (Å²) >= 11 is 0. The van der Waals surface area contributed by atoms with E-state index in [-0.39, 0.29) is 18.0 Å². The summed E-state index contributed by atoms with van der Waals surface area (Å²) in [6.07, 6.45) is 9.98. The topological polar surface area (TPSA) is 95.0 Å². The van der Waals surface area contributed by atoms with E-state index in [1.165, 1.54) is 6.42 Å². The Kier molecular flexibility index (Phi) is 5.77. The van der Waals surface area contributed by atoms with Gasteiger partial charge < -0.3 is 16.0 Å². The smallest absolute Gasteiger partial charge is 0.255 e. The zero-order chi connectivity index (χ0) is 20.2. The summed E-state index contributed by atoms with van der Waals surface area (Å²) in [6.45, 7) is 1.51. The first-order chi connectivity index (χ1) is 14.2. The highest BCUT2D eigenvalue weighted by Crippen LogP contribution is 2.35. The van der Waals surface area contributed by atoms with Gasteiger partial charge >= 0.3 is 0 Å². The number of rotatable bonds is 4. The number of pyridine rings is 1. The highest BCUT2D eigenvalue weighted by Gasteiger charge is 2.28. The molecule has 3 N–H and O–H groups in total. The monoisotopic (exact) mass is 389 g/mol. The lowest BCUT2D eigenvalue weighted by Crippen LogP contribution is -2.37. The van der Waals surface area contributed by atoms with Crippen molar-refractivity contribution >= 4 is 11.6 Å². The predicted octanol–water partition coefficient (Wildman–Crippen LogP) is 3.22. The fourth-order valence-corrected chi connectivity index (χ4v) is 4.43. The Labute approximate surface area is 171 Å². The van der Waals surface area contributed by atoms with E-state index in [1.807, 2.05) is 18.2 Å². The van der Waals surface area contributed by atoms with Crippen molar-refractivity contribution in [2.45, 2.75) is 50.6 Å². The van der Waals surface area contributed by atoms with Crippen LogP contribution >= 0.6 is 0 Å². The summed E-state index contributed by atoms with van der Waals surface area (Å²) in [6, 6.07) is 9.96. The van der Waals surface area contributed by atoms with E-state index >= 15 is 0 Å². The highest BCUT2D eigenvalue weighted by molar-refractivity contribution is 6.03. The second kappa shape index (κ2) is 8.62. The van der Waals surface area contributed by atoms with Crippen LogP contribution in [0.2, 0.25) is 0 Å². The first kappa shape index (κ1) is 19.4. The maximum Gasteiger partial charge on any atom is 0.255 e. The lowest BCUT2D eigenvalue weighted by molar-refractivity contribution is 0.0928. The number of nitrogens with one attached hydrogen (secondary N) is 1. The Morgan fingerprint density at radius 3 is 2.76 bits per heavy atom. The van der Waals surface area contributed by atoms with E-state index in [0.717, 1.165) is 55.5 Å². The lowest BCUT2D eigenvalue weighted by Gasteiger charge is -2.27. The quantitative estimate of drug-likeness (QED) is 0.837. The molecule has 0 spiro atoms. The van der Waals surface area contributed by atoms with Gasteiger partial charge in [0, 0.05) is 43.1 Å². The van der Waals surface area contributed by atoms with Crippen LogP contribution in [-0.4, -0.2) is 36.1 Å². The van der Waals surface area contributed by atoms with E-state index in [2.05, 4.69) is 21.3 Å². The van der Waals surface area contributed by atoms with Crippen LogP contribution in [0.1, 0.15) is 54.4 Å². The summed E-state index contributed by atoms with van der Waals surface area (Å²) < 4.78 is 0. The molecular formula is C23H27N5O. The lowest BCUT2D eigenvalue weighted by atomic mass is 9.95. The van der Waals surface area contributed by atoms with E-state index in [1.54, 1.807) is 18.5 Å². The van der Waals surface area contributed by atoms with Gasteiger partial charge in [0.1, 0.15) is 0 Å². The third kappa shape index (κ3) is 4.25. The number of hydrogen-bond donors (Lipinski definition) is 2. The number of nitrogens with zero attached hydrogens (tertiary/aromatic N) is 3. The van der Waals surface area contributed by atoms with Crippen LogP contribution in [0.3, 0.4) is 0 Å². The molecule has 2 heterocycles. The molecule has 0 unspecified atom stereocenters. The van der Waals surface area contributed by atoms with Gasteiger partial charge in [0.25, 0.3) is 5.91 Å². The van der Waals surface area contributed by atoms with Crippen molar-refractivity contribution in [3.63, 3.8) is 0 Å². The molecular weight excluding hydrogens is 362 g/mol. The van der Waals surface area contributed by atoms with Gasteiger partial charge in [0.15, 0.2) is 0 Å². The summed E-state index contributed by atoms with van der Waals surface area (Å²) in [4.78, 5) is 19.8. The van der Waals surface area contributed by atoms with Crippen LogP contribution < -0.4 is 16.0 Å². The Balaban J connectivity index is 1.74. The molecule has 1 aliphatic heterocycles. The standard InChI is InChI=1S/C23H27N5O/c24-12-16-5-4-6-17(11-16)20-13-26-14-21(22(20)28-10-9-18(25)15-28)23(29)27-19-7-2-1-3-8-19/h4-6,11,13-14,18-19H,1-3,7-10,15,25H2,(H,27,29)/t18-/m0/s1. The zero-order valence-electron chi connectivity index (χ0n) is 16.6. The Morgan fingerprint density at radius 2 is 2.03 bits per heavy atom. The second-order valence-electron chi connectivity index (χ2n) is 8.08. The van der Waals surface area contributed by atoms with Crippen molar-refractivity contribution in [1.29, 1.82) is 5.26 Å². The van der Waals surface area contributed by atoms with Crippen LogP contribution in [-0.2, 0) is 0 Å². The first-order valence-electron chi connectivity index (χ1n) is 10.5. The molecule has 0 radical (unpaired) electrons. The molecule has 1 atom stereocenters. The minimum absolute atomic E-state index is 0.0711. The van der Waals surface area contributed by atoms with E-state index < -0.39 is 0 Å². The molecule has 2 fully saturated rings. The number of anilines is 1. The van der Waals surface area contributed by atoms with Gasteiger partial charge in [-0.25, -0.2) is 0 Å². The fraction of sp³-hybridized carbons (Fsp3) is 0.435. The fourth-order valence-electron chi connectivity index (χ4n) is 4.43. The number of nitrogens with two attached hydrogens (primary N) is 1. The SMILES string of the molecule is N#Cc1cccc(-c2cncc(C(=O)NC3CCCCC3)c2N2CC[C@H](N)C2)c1. The molecule has 4 rings (SSSR count). The Morgan fingerprint density at radius 1 is 1.21 bits per heavy atom. The summed E-state index contributed by atoms with van der Waals surface area (Å²) in [7, 11) is 0. The average molecular weight is 390 g/mol. The molecule has 1 aromatic carbocycles. The van der Waals surface area contributed by atoms with Gasteiger partial charge in [-0.1, -0.05) is 31.4 Å². The van der Waals surface area contributed by atoms with Crippen molar-refractivity contribution in [3.8, 4) is 17.2 Å². The normalized spacial score (nSPS) is 19.7. The Hall–Kier alpha value is -2.91. The van der Waals surface area contributed by atoms with Crippen molar-refractivity contribution < 1.29 is 4.79 Å². The molecule has 150 valence electrons. The van der Waals surface area contributed by atoms with Gasteiger partial charge in [0.2, 0.25) is 0 Å². The summed E-state index contributed by atoms with van der Waals surface area (Å²) in [5.41, 5.74) is 9.97. The van der Waals surface area contributed by atoms with Crippen LogP contribution in [0.4, 0.5) is 5.69 Å². The molecule has 2 aromatic rings. The van der Waals surface area contributed by atoms with E-state index in [9.17, 15) is 10.1 Å².